The number of nitrogens with two attached hydrogens (primary N) is 1. The molecule has 2 rings (SSSR count). The third kappa shape index (κ3) is 2.12. The first-order valence-electron chi connectivity index (χ1n) is 5.77. The zero-order valence-corrected chi connectivity index (χ0v) is 10.2. The molecular formula is C11H18N4O2. The Labute approximate surface area is 100 Å². The fraction of sp³-hybridized carbons (Fsp3) is 0.636. The highest BCUT2D eigenvalue weighted by Crippen LogP contribution is 2.29. The monoisotopic (exact) mass is 238 g/mol. The fourth-order valence-corrected chi connectivity index (χ4v) is 2.01. The summed E-state index contributed by atoms with van der Waals surface area (Å²) < 4.78 is 1.51. The van der Waals surface area contributed by atoms with Gasteiger partial charge in [0.15, 0.2) is 0 Å². The highest BCUT2D eigenvalue weighted by atomic mass is 16.3. The van der Waals surface area contributed by atoms with Crippen LogP contribution in [-0.4, -0.2) is 44.9 Å². The lowest BCUT2D eigenvalue weighted by Gasteiger charge is -2.21. The molecule has 0 aromatic carbocycles. The van der Waals surface area contributed by atoms with Crippen molar-refractivity contribution in [3.63, 3.8) is 0 Å². The first kappa shape index (κ1) is 11.9. The van der Waals surface area contributed by atoms with E-state index in [1.165, 1.54) is 4.68 Å². The van der Waals surface area contributed by atoms with Crippen LogP contribution < -0.4 is 5.73 Å². The summed E-state index contributed by atoms with van der Waals surface area (Å²) in [6.45, 7) is 2.10. The van der Waals surface area contributed by atoms with Crippen molar-refractivity contribution >= 4 is 11.6 Å². The van der Waals surface area contributed by atoms with Gasteiger partial charge in [-0.05, 0) is 19.8 Å². The summed E-state index contributed by atoms with van der Waals surface area (Å²) in [5.41, 5.74) is 7.38. The van der Waals surface area contributed by atoms with Crippen molar-refractivity contribution in [3.05, 3.63) is 11.4 Å². The van der Waals surface area contributed by atoms with Gasteiger partial charge in [0.2, 0.25) is 0 Å². The van der Waals surface area contributed by atoms with Gasteiger partial charge in [0.05, 0.1) is 18.0 Å². The number of carbonyl (C=O) groups excluding carboxylic acids is 1. The van der Waals surface area contributed by atoms with E-state index in [0.29, 0.717) is 23.6 Å². The molecule has 1 aliphatic carbocycles. The number of nitrogen functional groups attached to an aromatic ring is 1. The smallest absolute Gasteiger partial charge is 0.274 e. The third-order valence-electron chi connectivity index (χ3n) is 3.06. The fourth-order valence-electron chi connectivity index (χ4n) is 2.01. The Kier molecular flexibility index (Phi) is 3.06. The average Bonchev–Trinajstić information content (AvgIpc) is 3.05. The number of hydrogen-bond donors (Lipinski definition) is 2. The van der Waals surface area contributed by atoms with Gasteiger partial charge in [0.1, 0.15) is 5.69 Å². The van der Waals surface area contributed by atoms with E-state index in [4.69, 9.17) is 10.8 Å². The lowest BCUT2D eigenvalue weighted by atomic mass is 10.2. The summed E-state index contributed by atoms with van der Waals surface area (Å²) >= 11 is 0. The predicted molar refractivity (Wildman–Crippen MR) is 63.5 cm³/mol. The van der Waals surface area contributed by atoms with Gasteiger partial charge in [-0.25, -0.2) is 0 Å². The standard InChI is InChI=1S/C11H18N4O2/c1-7-9(12)10(14(2)13-7)11(17)15(5-6-16)8-3-4-8/h8,16H,3-6,12H2,1-2H3. The molecule has 6 nitrogen and oxygen atoms in total. The van der Waals surface area contributed by atoms with Gasteiger partial charge >= 0.3 is 0 Å². The lowest BCUT2D eigenvalue weighted by Crippen LogP contribution is -2.37. The number of aliphatic hydroxyl groups is 1. The molecule has 1 aromatic heterocycles. The SMILES string of the molecule is Cc1nn(C)c(C(=O)N(CCO)C2CC2)c1N. The van der Waals surface area contributed by atoms with Crippen molar-refractivity contribution in [3.8, 4) is 0 Å². The summed E-state index contributed by atoms with van der Waals surface area (Å²) in [7, 11) is 1.71. The second kappa shape index (κ2) is 4.37. The number of aryl methyl sites for hydroxylation is 2. The second-order valence-corrected chi connectivity index (χ2v) is 4.42. The first-order chi connectivity index (χ1) is 8.06. The van der Waals surface area contributed by atoms with Crippen LogP contribution in [0.2, 0.25) is 0 Å². The molecule has 6 heteroatoms. The molecule has 0 unspecified atom stereocenters. The van der Waals surface area contributed by atoms with E-state index in [1.807, 2.05) is 0 Å². The van der Waals surface area contributed by atoms with Crippen molar-refractivity contribution in [2.45, 2.75) is 25.8 Å². The molecule has 1 heterocycles. The van der Waals surface area contributed by atoms with Gasteiger partial charge in [-0.2, -0.15) is 5.10 Å². The topological polar surface area (TPSA) is 84.4 Å². The Balaban J connectivity index is 2.28. The largest absolute Gasteiger partial charge is 0.395 e. The van der Waals surface area contributed by atoms with Crippen molar-refractivity contribution in [1.82, 2.24) is 14.7 Å². The molecule has 1 fully saturated rings. The minimum absolute atomic E-state index is 0.0288. The van der Waals surface area contributed by atoms with E-state index in [2.05, 4.69) is 5.10 Å². The number of aliphatic hydroxyl groups excluding tert-OH is 1. The van der Waals surface area contributed by atoms with Gasteiger partial charge in [-0.15, -0.1) is 0 Å². The Morgan fingerprint density at radius 3 is 2.71 bits per heavy atom. The number of rotatable bonds is 4. The summed E-state index contributed by atoms with van der Waals surface area (Å²) in [6, 6.07) is 0.254. The Hall–Kier alpha value is -1.56. The maximum Gasteiger partial charge on any atom is 0.274 e. The molecule has 1 aliphatic rings. The molecular weight excluding hydrogens is 220 g/mol. The van der Waals surface area contributed by atoms with E-state index >= 15 is 0 Å². The molecule has 17 heavy (non-hydrogen) atoms. The van der Waals surface area contributed by atoms with Crippen LogP contribution in [0.1, 0.15) is 29.0 Å². The highest BCUT2D eigenvalue weighted by Gasteiger charge is 2.34. The third-order valence-corrected chi connectivity index (χ3v) is 3.06. The van der Waals surface area contributed by atoms with Crippen LogP contribution >= 0.6 is 0 Å². The van der Waals surface area contributed by atoms with Crippen LogP contribution in [0.5, 0.6) is 0 Å². The van der Waals surface area contributed by atoms with E-state index in [0.717, 1.165) is 12.8 Å². The second-order valence-electron chi connectivity index (χ2n) is 4.42. The molecule has 94 valence electrons. The molecule has 0 aliphatic heterocycles. The van der Waals surface area contributed by atoms with Gasteiger partial charge in [0.25, 0.3) is 5.91 Å². The Morgan fingerprint density at radius 1 is 1.65 bits per heavy atom. The first-order valence-corrected chi connectivity index (χ1v) is 5.77. The molecule has 3 N–H and O–H groups in total. The van der Waals surface area contributed by atoms with Gasteiger partial charge in [0, 0.05) is 19.6 Å². The molecule has 0 bridgehead atoms. The number of anilines is 1. The van der Waals surface area contributed by atoms with Crippen LogP contribution in [-0.2, 0) is 7.05 Å². The number of amides is 1. The quantitative estimate of drug-likeness (QED) is 0.767. The number of hydrogen-bond acceptors (Lipinski definition) is 4. The minimum Gasteiger partial charge on any atom is -0.395 e. The lowest BCUT2D eigenvalue weighted by molar-refractivity contribution is 0.0697. The van der Waals surface area contributed by atoms with Gasteiger partial charge < -0.3 is 15.7 Å². The Morgan fingerprint density at radius 2 is 2.29 bits per heavy atom. The van der Waals surface area contributed by atoms with Crippen LogP contribution in [0, 0.1) is 6.92 Å². The van der Waals surface area contributed by atoms with Gasteiger partial charge in [-0.3, -0.25) is 9.48 Å². The summed E-state index contributed by atoms with van der Waals surface area (Å²) in [4.78, 5) is 14.0. The number of aromatic nitrogens is 2. The maximum absolute atomic E-state index is 12.3. The normalized spacial score (nSPS) is 15.0. The molecule has 1 aromatic rings. The van der Waals surface area contributed by atoms with Crippen molar-refractivity contribution < 1.29 is 9.90 Å². The predicted octanol–water partition coefficient (Wildman–Crippen LogP) is -0.0924. The number of carbonyl (C=O) groups is 1. The van der Waals surface area contributed by atoms with E-state index < -0.39 is 0 Å². The van der Waals surface area contributed by atoms with Crippen LogP contribution in [0.25, 0.3) is 0 Å². The zero-order valence-electron chi connectivity index (χ0n) is 10.2. The number of nitrogens with zero attached hydrogens (tertiary/aromatic N) is 3. The van der Waals surface area contributed by atoms with E-state index in [9.17, 15) is 4.79 Å². The highest BCUT2D eigenvalue weighted by molar-refractivity contribution is 5.98. The van der Waals surface area contributed by atoms with Crippen molar-refractivity contribution in [2.24, 2.45) is 7.05 Å². The van der Waals surface area contributed by atoms with Crippen molar-refractivity contribution in [2.75, 3.05) is 18.9 Å². The van der Waals surface area contributed by atoms with Crippen LogP contribution in [0.4, 0.5) is 5.69 Å². The van der Waals surface area contributed by atoms with E-state index in [1.54, 1.807) is 18.9 Å². The minimum atomic E-state index is -0.137. The molecule has 0 saturated heterocycles. The Bertz CT molecular complexity index is 437. The summed E-state index contributed by atoms with van der Waals surface area (Å²) in [5, 5.41) is 13.1. The zero-order chi connectivity index (χ0) is 12.6. The molecule has 0 radical (unpaired) electrons. The summed E-state index contributed by atoms with van der Waals surface area (Å²) in [5.74, 6) is -0.137. The van der Waals surface area contributed by atoms with Gasteiger partial charge in [-0.1, -0.05) is 0 Å². The van der Waals surface area contributed by atoms with Crippen LogP contribution in [0.15, 0.2) is 0 Å². The molecule has 1 amide bonds. The molecule has 0 atom stereocenters. The molecule has 1 saturated carbocycles. The maximum atomic E-state index is 12.3. The van der Waals surface area contributed by atoms with Crippen molar-refractivity contribution in [1.29, 1.82) is 0 Å². The summed E-state index contributed by atoms with van der Waals surface area (Å²) in [6.07, 6.45) is 2.00. The van der Waals surface area contributed by atoms with E-state index in [-0.39, 0.29) is 18.6 Å². The van der Waals surface area contributed by atoms with Crippen LogP contribution in [0.3, 0.4) is 0 Å². The molecule has 0 spiro atoms. The average molecular weight is 238 g/mol.